The molecule has 1 saturated heterocycles. The van der Waals surface area contributed by atoms with E-state index in [1.807, 2.05) is 13.2 Å². The summed E-state index contributed by atoms with van der Waals surface area (Å²) in [4.78, 5) is 6.85. The molecule has 2 N–H and O–H groups in total. The van der Waals surface area contributed by atoms with Crippen LogP contribution in [0, 0.1) is 5.92 Å². The van der Waals surface area contributed by atoms with Gasteiger partial charge in [-0.2, -0.15) is 0 Å². The minimum Gasteiger partial charge on any atom is -0.370 e. The molecule has 1 fully saturated rings. The fourth-order valence-corrected chi connectivity index (χ4v) is 3.07. The van der Waals surface area contributed by atoms with Crippen molar-refractivity contribution in [3.8, 4) is 0 Å². The van der Waals surface area contributed by atoms with Gasteiger partial charge in [0.05, 0.1) is 0 Å². The molecule has 0 radical (unpaired) electrons. The highest BCUT2D eigenvalue weighted by Gasteiger charge is 2.21. The number of anilines is 2. The molecule has 22 heavy (non-hydrogen) atoms. The highest BCUT2D eigenvalue weighted by Crippen LogP contribution is 2.24. The monoisotopic (exact) mass is 302 g/mol. The summed E-state index contributed by atoms with van der Waals surface area (Å²) < 4.78 is 0. The smallest absolute Gasteiger partial charge is 0.132 e. The Morgan fingerprint density at radius 3 is 2.86 bits per heavy atom. The predicted octanol–water partition coefficient (Wildman–Crippen LogP) is 3.63. The van der Waals surface area contributed by atoms with Crippen LogP contribution in [0.1, 0.15) is 39.5 Å². The van der Waals surface area contributed by atoms with Crippen LogP contribution >= 0.6 is 0 Å². The highest BCUT2D eigenvalue weighted by atomic mass is 15.2. The third kappa shape index (κ3) is 4.47. The second kappa shape index (κ2) is 8.18. The zero-order valence-electron chi connectivity index (χ0n) is 14.2. The first-order chi connectivity index (χ1) is 10.7. The molecule has 1 atom stereocenters. The van der Waals surface area contributed by atoms with E-state index in [0.29, 0.717) is 12.0 Å². The first-order valence-electron chi connectivity index (χ1n) is 8.49. The van der Waals surface area contributed by atoms with Crippen molar-refractivity contribution in [1.82, 2.24) is 10.3 Å². The summed E-state index contributed by atoms with van der Waals surface area (Å²) in [5.74, 6) is 1.61. The lowest BCUT2D eigenvalue weighted by atomic mass is 9.98. The van der Waals surface area contributed by atoms with Crippen LogP contribution in [-0.4, -0.2) is 31.2 Å². The summed E-state index contributed by atoms with van der Waals surface area (Å²) in [7, 11) is 2.04. The van der Waals surface area contributed by atoms with Crippen LogP contribution in [0.5, 0.6) is 0 Å². The molecule has 0 spiro atoms. The van der Waals surface area contributed by atoms with E-state index in [-0.39, 0.29) is 0 Å². The van der Waals surface area contributed by atoms with Crippen LogP contribution in [0.25, 0.3) is 0 Å². The van der Waals surface area contributed by atoms with Crippen molar-refractivity contribution in [1.29, 1.82) is 0 Å². The third-order valence-electron chi connectivity index (χ3n) is 4.70. The van der Waals surface area contributed by atoms with Crippen LogP contribution in [0.15, 0.2) is 30.6 Å². The van der Waals surface area contributed by atoms with E-state index in [1.165, 1.54) is 24.9 Å². The Kier molecular flexibility index (Phi) is 6.25. The van der Waals surface area contributed by atoms with Crippen LogP contribution in [0.3, 0.4) is 0 Å². The molecule has 0 unspecified atom stereocenters. The Morgan fingerprint density at radius 1 is 1.45 bits per heavy atom. The Bertz CT molecular complexity index is 482. The van der Waals surface area contributed by atoms with Crippen molar-refractivity contribution < 1.29 is 0 Å². The topological polar surface area (TPSA) is 40.2 Å². The summed E-state index contributed by atoms with van der Waals surface area (Å²) >= 11 is 0. The van der Waals surface area contributed by atoms with E-state index >= 15 is 0 Å². The van der Waals surface area contributed by atoms with Gasteiger partial charge in [-0.05, 0) is 31.9 Å². The number of allylic oxidation sites excluding steroid dienone is 1. The van der Waals surface area contributed by atoms with Gasteiger partial charge in [-0.3, -0.25) is 0 Å². The Morgan fingerprint density at radius 2 is 2.23 bits per heavy atom. The predicted molar refractivity (Wildman–Crippen MR) is 95.4 cm³/mol. The van der Waals surface area contributed by atoms with Crippen molar-refractivity contribution in [3.63, 3.8) is 0 Å². The van der Waals surface area contributed by atoms with E-state index in [2.05, 4.69) is 53.1 Å². The molecule has 2 heterocycles. The fraction of sp³-hybridized carbons (Fsp3) is 0.611. The Labute approximate surface area is 135 Å². The van der Waals surface area contributed by atoms with Gasteiger partial charge < -0.3 is 15.5 Å². The number of likely N-dealkylation sites (N-methyl/N-ethyl adjacent to an activating group) is 1. The summed E-state index contributed by atoms with van der Waals surface area (Å²) in [5, 5.41) is 6.74. The molecule has 1 aliphatic rings. The van der Waals surface area contributed by atoms with Crippen molar-refractivity contribution in [3.05, 3.63) is 30.6 Å². The van der Waals surface area contributed by atoms with Crippen molar-refractivity contribution in [2.24, 2.45) is 5.92 Å². The van der Waals surface area contributed by atoms with E-state index in [0.717, 1.165) is 31.0 Å². The average molecular weight is 302 g/mol. The lowest BCUT2D eigenvalue weighted by Gasteiger charge is -2.20. The van der Waals surface area contributed by atoms with Crippen LogP contribution in [0.4, 0.5) is 11.5 Å². The van der Waals surface area contributed by atoms with Gasteiger partial charge >= 0.3 is 0 Å². The Hall–Kier alpha value is -1.55. The van der Waals surface area contributed by atoms with Crippen molar-refractivity contribution in [2.45, 2.75) is 45.6 Å². The number of nitrogens with one attached hydrogen (secondary N) is 2. The largest absolute Gasteiger partial charge is 0.370 e. The number of aromatic nitrogens is 1. The van der Waals surface area contributed by atoms with Crippen molar-refractivity contribution >= 4 is 11.5 Å². The molecule has 4 heteroatoms. The lowest BCUT2D eigenvalue weighted by Crippen LogP contribution is -2.29. The third-order valence-corrected chi connectivity index (χ3v) is 4.70. The fourth-order valence-electron chi connectivity index (χ4n) is 3.07. The second-order valence-electron chi connectivity index (χ2n) is 6.23. The van der Waals surface area contributed by atoms with E-state index in [9.17, 15) is 0 Å². The highest BCUT2D eigenvalue weighted by molar-refractivity contribution is 5.56. The van der Waals surface area contributed by atoms with Gasteiger partial charge in [0.25, 0.3) is 0 Å². The molecule has 1 aromatic rings. The van der Waals surface area contributed by atoms with E-state index in [4.69, 9.17) is 0 Å². The van der Waals surface area contributed by atoms with E-state index < -0.39 is 0 Å². The second-order valence-corrected chi connectivity index (χ2v) is 6.23. The van der Waals surface area contributed by atoms with E-state index in [1.54, 1.807) is 0 Å². The molecule has 0 aromatic carbocycles. The maximum Gasteiger partial charge on any atom is 0.132 e. The normalized spacial score (nSPS) is 18.0. The SMILES string of the molecule is C=C(CC(CC)CC)Nc1cc(N2CC[C@@H](NC)C2)ccn1. The summed E-state index contributed by atoms with van der Waals surface area (Å²) in [6.45, 7) is 10.8. The molecule has 122 valence electrons. The molecule has 0 saturated carbocycles. The zero-order valence-corrected chi connectivity index (χ0v) is 14.2. The molecular formula is C18H30N4. The minimum atomic E-state index is 0.592. The maximum atomic E-state index is 4.43. The van der Waals surface area contributed by atoms with Gasteiger partial charge in [-0.25, -0.2) is 4.98 Å². The number of hydrogen-bond donors (Lipinski definition) is 2. The number of rotatable bonds is 8. The summed E-state index contributed by atoms with van der Waals surface area (Å²) in [6.07, 6.45) is 6.50. The molecule has 0 bridgehead atoms. The standard InChI is InChI=1S/C18H30N4/c1-5-15(6-2)11-14(3)21-18-12-17(7-9-20-18)22-10-8-16(13-22)19-4/h7,9,12,15-16,19H,3,5-6,8,10-11,13H2,1-2,4H3,(H,20,21)/t16-/m1/s1. The van der Waals surface area contributed by atoms with Crippen LogP contribution in [-0.2, 0) is 0 Å². The Balaban J connectivity index is 1.95. The van der Waals surface area contributed by atoms with Crippen LogP contribution < -0.4 is 15.5 Å². The van der Waals surface area contributed by atoms with Gasteiger partial charge in [0, 0.05) is 42.8 Å². The molecule has 0 amide bonds. The molecular weight excluding hydrogens is 272 g/mol. The van der Waals surface area contributed by atoms with Gasteiger partial charge in [0.15, 0.2) is 0 Å². The number of hydrogen-bond acceptors (Lipinski definition) is 4. The first-order valence-corrected chi connectivity index (χ1v) is 8.49. The quantitative estimate of drug-likeness (QED) is 0.769. The van der Waals surface area contributed by atoms with Crippen LogP contribution in [0.2, 0.25) is 0 Å². The van der Waals surface area contributed by atoms with Gasteiger partial charge in [0.1, 0.15) is 5.82 Å². The molecule has 1 aromatic heterocycles. The molecule has 2 rings (SSSR count). The van der Waals surface area contributed by atoms with Crippen molar-refractivity contribution in [2.75, 3.05) is 30.4 Å². The van der Waals surface area contributed by atoms with Gasteiger partial charge in [0.2, 0.25) is 0 Å². The van der Waals surface area contributed by atoms with Gasteiger partial charge in [-0.15, -0.1) is 0 Å². The summed E-state index contributed by atoms with van der Waals surface area (Å²) in [6, 6.07) is 4.82. The van der Waals surface area contributed by atoms with Gasteiger partial charge in [-0.1, -0.05) is 33.3 Å². The molecule has 4 nitrogen and oxygen atoms in total. The maximum absolute atomic E-state index is 4.43. The minimum absolute atomic E-state index is 0.592. The lowest BCUT2D eigenvalue weighted by molar-refractivity contribution is 0.490. The molecule has 1 aliphatic heterocycles. The molecule has 0 aliphatic carbocycles. The first kappa shape index (κ1) is 16.8. The summed E-state index contributed by atoms with van der Waals surface area (Å²) in [5.41, 5.74) is 2.30. The number of pyridine rings is 1. The zero-order chi connectivity index (χ0) is 15.9. The number of nitrogens with zero attached hydrogens (tertiary/aromatic N) is 2. The average Bonchev–Trinajstić information content (AvgIpc) is 3.02.